The molecule has 0 spiro atoms. The van der Waals surface area contributed by atoms with Crippen molar-refractivity contribution in [3.63, 3.8) is 0 Å². The molecular weight excluding hydrogens is 372 g/mol. The summed E-state index contributed by atoms with van der Waals surface area (Å²) in [6.07, 6.45) is 3.01. The lowest BCUT2D eigenvalue weighted by Crippen LogP contribution is -2.09. The van der Waals surface area contributed by atoms with Gasteiger partial charge in [-0.15, -0.1) is 0 Å². The molecule has 0 fully saturated rings. The van der Waals surface area contributed by atoms with Crippen LogP contribution in [0.5, 0.6) is 34.5 Å². The maximum Gasteiger partial charge on any atom is 0.231 e. The van der Waals surface area contributed by atoms with Gasteiger partial charge in [0.15, 0.2) is 23.0 Å². The highest BCUT2D eigenvalue weighted by Gasteiger charge is 2.32. The molecule has 0 saturated carbocycles. The Balaban J connectivity index is 2.17. The number of fused-ring (bicyclic) bond motifs is 4. The highest BCUT2D eigenvalue weighted by atomic mass is 16.7. The van der Waals surface area contributed by atoms with E-state index in [1.165, 1.54) is 5.57 Å². The van der Waals surface area contributed by atoms with Gasteiger partial charge in [0.05, 0.1) is 28.4 Å². The van der Waals surface area contributed by atoms with Crippen LogP contribution in [0.2, 0.25) is 0 Å². The van der Waals surface area contributed by atoms with Gasteiger partial charge in [-0.3, -0.25) is 0 Å². The minimum atomic E-state index is 0.178. The molecule has 0 saturated heterocycles. The lowest BCUT2D eigenvalue weighted by atomic mass is 9.82. The van der Waals surface area contributed by atoms with Crippen LogP contribution in [0, 0.1) is 5.92 Å². The summed E-state index contributed by atoms with van der Waals surface area (Å²) >= 11 is 0. The van der Waals surface area contributed by atoms with E-state index in [9.17, 15) is 0 Å². The normalized spacial score (nSPS) is 18.6. The van der Waals surface area contributed by atoms with E-state index in [0.717, 1.165) is 28.7 Å². The highest BCUT2D eigenvalue weighted by Crippen LogP contribution is 2.56. The zero-order valence-electron chi connectivity index (χ0n) is 17.7. The quantitative estimate of drug-likeness (QED) is 0.743. The Morgan fingerprint density at radius 1 is 0.862 bits per heavy atom. The second-order valence-electron chi connectivity index (χ2n) is 7.28. The number of ether oxygens (including phenoxy) is 6. The molecule has 29 heavy (non-hydrogen) atoms. The first-order chi connectivity index (χ1) is 14.0. The summed E-state index contributed by atoms with van der Waals surface area (Å²) in [4.78, 5) is 0. The zero-order chi connectivity index (χ0) is 20.7. The molecule has 0 N–H and O–H groups in total. The molecule has 6 heteroatoms. The van der Waals surface area contributed by atoms with Crippen molar-refractivity contribution in [3.8, 4) is 45.6 Å². The molecular formula is C23H26O6. The molecule has 0 radical (unpaired) electrons. The fourth-order valence-corrected chi connectivity index (χ4v) is 4.12. The van der Waals surface area contributed by atoms with Crippen LogP contribution in [-0.2, 0) is 6.42 Å². The molecule has 6 nitrogen and oxygen atoms in total. The Morgan fingerprint density at radius 2 is 1.59 bits per heavy atom. The molecule has 0 unspecified atom stereocenters. The maximum absolute atomic E-state index is 5.85. The number of hydrogen-bond donors (Lipinski definition) is 0. The third kappa shape index (κ3) is 2.94. The first-order valence-electron chi connectivity index (χ1n) is 9.54. The van der Waals surface area contributed by atoms with E-state index < -0.39 is 0 Å². The predicted octanol–water partition coefficient (Wildman–Crippen LogP) is 4.71. The second kappa shape index (κ2) is 7.43. The van der Waals surface area contributed by atoms with E-state index in [1.807, 2.05) is 6.07 Å². The molecule has 1 aliphatic heterocycles. The first-order valence-corrected chi connectivity index (χ1v) is 9.54. The number of allylic oxidation sites excluding steroid dienone is 1. The van der Waals surface area contributed by atoms with Gasteiger partial charge in [-0.25, -0.2) is 0 Å². The van der Waals surface area contributed by atoms with Crippen LogP contribution in [-0.4, -0.2) is 35.2 Å². The van der Waals surface area contributed by atoms with Crippen LogP contribution in [0.4, 0.5) is 0 Å². The molecule has 2 aromatic rings. The monoisotopic (exact) mass is 398 g/mol. The maximum atomic E-state index is 5.85. The van der Waals surface area contributed by atoms with Crippen molar-refractivity contribution in [3.05, 3.63) is 28.8 Å². The van der Waals surface area contributed by atoms with Crippen molar-refractivity contribution in [2.24, 2.45) is 5.92 Å². The fourth-order valence-electron chi connectivity index (χ4n) is 4.12. The van der Waals surface area contributed by atoms with Gasteiger partial charge in [-0.2, -0.15) is 0 Å². The Kier molecular flexibility index (Phi) is 4.94. The molecule has 0 amide bonds. The SMILES string of the molecule is COc1cc2c(c(OC)c1OC)-c1c(cc3c(c1OC)OCO3)C[C@H](C)/C(C)=C\2. The molecule has 1 heterocycles. The Hall–Kier alpha value is -3.02. The van der Waals surface area contributed by atoms with Crippen molar-refractivity contribution in [1.82, 2.24) is 0 Å². The van der Waals surface area contributed by atoms with E-state index in [4.69, 9.17) is 28.4 Å². The number of rotatable bonds is 4. The minimum absolute atomic E-state index is 0.178. The average Bonchev–Trinajstić information content (AvgIpc) is 3.19. The standard InChI is InChI=1S/C23H26O6/c1-12-7-14-9-16(24-3)20(25-4)22(26-5)18(14)19-15(8-13(12)2)10-17-21(23(19)27-6)29-11-28-17/h7,9-10,13H,8,11H2,1-6H3/b12-7-/t13-/m0/s1. The van der Waals surface area contributed by atoms with Gasteiger partial charge in [0, 0.05) is 11.1 Å². The smallest absolute Gasteiger partial charge is 0.231 e. The summed E-state index contributed by atoms with van der Waals surface area (Å²) in [6.45, 7) is 4.54. The number of benzene rings is 2. The molecule has 2 aromatic carbocycles. The van der Waals surface area contributed by atoms with Gasteiger partial charge in [0.25, 0.3) is 0 Å². The van der Waals surface area contributed by atoms with Gasteiger partial charge < -0.3 is 28.4 Å². The van der Waals surface area contributed by atoms with Gasteiger partial charge >= 0.3 is 0 Å². The van der Waals surface area contributed by atoms with E-state index in [0.29, 0.717) is 40.4 Å². The van der Waals surface area contributed by atoms with E-state index >= 15 is 0 Å². The van der Waals surface area contributed by atoms with Crippen LogP contribution in [0.25, 0.3) is 17.2 Å². The van der Waals surface area contributed by atoms with Crippen LogP contribution in [0.15, 0.2) is 17.7 Å². The Morgan fingerprint density at radius 3 is 2.24 bits per heavy atom. The van der Waals surface area contributed by atoms with Crippen molar-refractivity contribution in [2.45, 2.75) is 20.3 Å². The van der Waals surface area contributed by atoms with Gasteiger partial charge in [-0.05, 0) is 42.5 Å². The lowest BCUT2D eigenvalue weighted by molar-refractivity contribution is 0.171. The summed E-state index contributed by atoms with van der Waals surface area (Å²) in [7, 11) is 6.51. The molecule has 4 rings (SSSR count). The summed E-state index contributed by atoms with van der Waals surface area (Å²) in [5, 5.41) is 0. The summed E-state index contributed by atoms with van der Waals surface area (Å²) in [5.41, 5.74) is 5.17. The summed E-state index contributed by atoms with van der Waals surface area (Å²) in [6, 6.07) is 4.03. The average molecular weight is 398 g/mol. The molecule has 1 aliphatic carbocycles. The van der Waals surface area contributed by atoms with Crippen LogP contribution in [0.1, 0.15) is 25.0 Å². The van der Waals surface area contributed by atoms with Crippen molar-refractivity contribution in [1.29, 1.82) is 0 Å². The lowest BCUT2D eigenvalue weighted by Gasteiger charge is -2.26. The van der Waals surface area contributed by atoms with Crippen LogP contribution >= 0.6 is 0 Å². The number of methoxy groups -OCH3 is 4. The third-order valence-corrected chi connectivity index (χ3v) is 5.70. The fraction of sp³-hybridized carbons (Fsp3) is 0.391. The first kappa shape index (κ1) is 19.3. The molecule has 0 bridgehead atoms. The van der Waals surface area contributed by atoms with E-state index in [2.05, 4.69) is 26.0 Å². The van der Waals surface area contributed by atoms with Crippen molar-refractivity contribution < 1.29 is 28.4 Å². The number of hydrogen-bond acceptors (Lipinski definition) is 6. The molecule has 154 valence electrons. The van der Waals surface area contributed by atoms with Crippen LogP contribution in [0.3, 0.4) is 0 Å². The highest BCUT2D eigenvalue weighted by molar-refractivity contribution is 5.92. The topological polar surface area (TPSA) is 55.4 Å². The molecule has 1 atom stereocenters. The van der Waals surface area contributed by atoms with Gasteiger partial charge in [0.1, 0.15) is 0 Å². The van der Waals surface area contributed by atoms with Gasteiger partial charge in [-0.1, -0.05) is 18.6 Å². The summed E-state index contributed by atoms with van der Waals surface area (Å²) in [5.74, 6) is 4.05. The summed E-state index contributed by atoms with van der Waals surface area (Å²) < 4.78 is 34.4. The van der Waals surface area contributed by atoms with Crippen molar-refractivity contribution in [2.75, 3.05) is 35.2 Å². The largest absolute Gasteiger partial charge is 0.493 e. The Labute approximate surface area is 170 Å². The van der Waals surface area contributed by atoms with E-state index in [1.54, 1.807) is 28.4 Å². The van der Waals surface area contributed by atoms with Crippen LogP contribution < -0.4 is 28.4 Å². The van der Waals surface area contributed by atoms with Gasteiger partial charge in [0.2, 0.25) is 18.3 Å². The minimum Gasteiger partial charge on any atom is -0.493 e. The Bertz CT molecular complexity index is 992. The predicted molar refractivity (Wildman–Crippen MR) is 111 cm³/mol. The van der Waals surface area contributed by atoms with E-state index in [-0.39, 0.29) is 6.79 Å². The third-order valence-electron chi connectivity index (χ3n) is 5.70. The zero-order valence-corrected chi connectivity index (χ0v) is 17.7. The van der Waals surface area contributed by atoms with Crippen molar-refractivity contribution >= 4 is 6.08 Å². The molecule has 2 aliphatic rings. The second-order valence-corrected chi connectivity index (χ2v) is 7.28. The molecule has 0 aromatic heterocycles.